The molecule has 0 aliphatic rings. The minimum Gasteiger partial charge on any atom is -0.494 e. The molecule has 2 aromatic heterocycles. The topological polar surface area (TPSA) is 52.3 Å². The van der Waals surface area contributed by atoms with Gasteiger partial charge in [-0.05, 0) is 31.2 Å². The normalized spacial score (nSPS) is 11.1. The van der Waals surface area contributed by atoms with E-state index in [1.807, 2.05) is 55.5 Å². The second-order valence-corrected chi connectivity index (χ2v) is 6.96. The van der Waals surface area contributed by atoms with E-state index in [2.05, 4.69) is 31.2 Å². The predicted molar refractivity (Wildman–Crippen MR) is 98.4 cm³/mol. The van der Waals surface area contributed by atoms with Gasteiger partial charge in [0.2, 0.25) is 4.96 Å². The first-order valence-electron chi connectivity index (χ1n) is 7.46. The maximum atomic E-state index is 5.56. The lowest BCUT2D eigenvalue weighted by Crippen LogP contribution is -1.94. The molecule has 5 nitrogen and oxygen atoms in total. The highest BCUT2D eigenvalue weighted by Gasteiger charge is 2.14. The van der Waals surface area contributed by atoms with Crippen molar-refractivity contribution in [2.75, 3.05) is 6.61 Å². The summed E-state index contributed by atoms with van der Waals surface area (Å²) in [5, 5.41) is 14.1. The van der Waals surface area contributed by atoms with Gasteiger partial charge in [0.25, 0.3) is 0 Å². The zero-order valence-electron chi connectivity index (χ0n) is 12.8. The average Bonchev–Trinajstić information content (AvgIpc) is 3.16. The molecule has 0 N–H and O–H groups in total. The Morgan fingerprint density at radius 3 is 2.71 bits per heavy atom. The first-order valence-corrected chi connectivity index (χ1v) is 9.07. The number of ether oxygens (including phenoxy) is 1. The van der Waals surface area contributed by atoms with Crippen molar-refractivity contribution in [3.05, 3.63) is 53.0 Å². The summed E-state index contributed by atoms with van der Waals surface area (Å²) in [5.74, 6) is 1.53. The standard InChI is InChI=1S/C17H13BrN4OS/c1-2-23-14-5-3-4-12(10-14)15-19-20-17-22(15)21-16(24-17)11-6-8-13(18)9-7-11/h3-10H,2H2,1H3. The van der Waals surface area contributed by atoms with Crippen LogP contribution in [-0.4, -0.2) is 26.4 Å². The SMILES string of the molecule is CCOc1cccc(-c2nnc3sc(-c4ccc(Br)cc4)nn23)c1. The molecule has 4 rings (SSSR count). The number of hydrogen-bond acceptors (Lipinski definition) is 5. The molecule has 0 fully saturated rings. The summed E-state index contributed by atoms with van der Waals surface area (Å²) in [7, 11) is 0. The lowest BCUT2D eigenvalue weighted by Gasteiger charge is -2.04. The molecule has 24 heavy (non-hydrogen) atoms. The summed E-state index contributed by atoms with van der Waals surface area (Å²) in [6.45, 7) is 2.59. The molecule has 120 valence electrons. The highest BCUT2D eigenvalue weighted by Crippen LogP contribution is 2.29. The van der Waals surface area contributed by atoms with Crippen LogP contribution in [-0.2, 0) is 0 Å². The van der Waals surface area contributed by atoms with E-state index >= 15 is 0 Å². The van der Waals surface area contributed by atoms with Crippen molar-refractivity contribution < 1.29 is 4.74 Å². The van der Waals surface area contributed by atoms with Crippen molar-refractivity contribution in [3.8, 4) is 27.7 Å². The number of halogens is 1. The van der Waals surface area contributed by atoms with Crippen molar-refractivity contribution in [1.82, 2.24) is 19.8 Å². The van der Waals surface area contributed by atoms with Crippen LogP contribution in [0.25, 0.3) is 26.9 Å². The smallest absolute Gasteiger partial charge is 0.235 e. The molecular formula is C17H13BrN4OS. The number of nitrogens with zero attached hydrogens (tertiary/aromatic N) is 4. The Bertz CT molecular complexity index is 993. The van der Waals surface area contributed by atoms with Gasteiger partial charge >= 0.3 is 0 Å². The van der Waals surface area contributed by atoms with Gasteiger partial charge in [0.05, 0.1) is 6.61 Å². The molecule has 2 aromatic carbocycles. The minimum absolute atomic E-state index is 0.628. The third-order valence-electron chi connectivity index (χ3n) is 3.49. The number of rotatable bonds is 4. The monoisotopic (exact) mass is 400 g/mol. The lowest BCUT2D eigenvalue weighted by molar-refractivity contribution is 0.340. The molecule has 0 radical (unpaired) electrons. The molecule has 4 aromatic rings. The zero-order chi connectivity index (χ0) is 16.5. The minimum atomic E-state index is 0.628. The van der Waals surface area contributed by atoms with Gasteiger partial charge < -0.3 is 4.74 Å². The van der Waals surface area contributed by atoms with E-state index < -0.39 is 0 Å². The van der Waals surface area contributed by atoms with E-state index in [0.29, 0.717) is 12.4 Å². The second-order valence-electron chi connectivity index (χ2n) is 5.09. The van der Waals surface area contributed by atoms with Crippen LogP contribution in [0.2, 0.25) is 0 Å². The third-order valence-corrected chi connectivity index (χ3v) is 4.96. The number of aromatic nitrogens is 4. The largest absolute Gasteiger partial charge is 0.494 e. The Hall–Kier alpha value is -2.25. The van der Waals surface area contributed by atoms with Gasteiger partial charge in [-0.1, -0.05) is 51.5 Å². The first-order chi connectivity index (χ1) is 11.7. The molecule has 0 bridgehead atoms. The molecule has 2 heterocycles. The van der Waals surface area contributed by atoms with Crippen molar-refractivity contribution in [3.63, 3.8) is 0 Å². The van der Waals surface area contributed by atoms with E-state index in [-0.39, 0.29) is 0 Å². The fourth-order valence-electron chi connectivity index (χ4n) is 2.40. The lowest BCUT2D eigenvalue weighted by atomic mass is 10.2. The number of benzene rings is 2. The van der Waals surface area contributed by atoms with Gasteiger partial charge in [-0.15, -0.1) is 10.2 Å². The maximum Gasteiger partial charge on any atom is 0.235 e. The highest BCUT2D eigenvalue weighted by atomic mass is 79.9. The van der Waals surface area contributed by atoms with Crippen molar-refractivity contribution in [2.45, 2.75) is 6.92 Å². The third kappa shape index (κ3) is 2.81. The summed E-state index contributed by atoms with van der Waals surface area (Å²) in [6, 6.07) is 15.9. The van der Waals surface area contributed by atoms with Crippen LogP contribution in [0, 0.1) is 0 Å². The summed E-state index contributed by atoms with van der Waals surface area (Å²) < 4.78 is 8.39. The zero-order valence-corrected chi connectivity index (χ0v) is 15.2. The predicted octanol–water partition coefficient (Wildman–Crippen LogP) is 4.68. The Morgan fingerprint density at radius 2 is 1.92 bits per heavy atom. The number of hydrogen-bond donors (Lipinski definition) is 0. The van der Waals surface area contributed by atoms with E-state index in [1.54, 1.807) is 4.52 Å². The molecule has 0 aliphatic heterocycles. The molecule has 0 saturated carbocycles. The van der Waals surface area contributed by atoms with E-state index in [9.17, 15) is 0 Å². The van der Waals surface area contributed by atoms with Gasteiger partial charge in [-0.2, -0.15) is 9.61 Å². The van der Waals surface area contributed by atoms with Gasteiger partial charge in [-0.3, -0.25) is 0 Å². The highest BCUT2D eigenvalue weighted by molar-refractivity contribution is 9.10. The van der Waals surface area contributed by atoms with Crippen LogP contribution in [0.3, 0.4) is 0 Å². The van der Waals surface area contributed by atoms with Crippen LogP contribution in [0.4, 0.5) is 0 Å². The van der Waals surface area contributed by atoms with Crippen LogP contribution in [0.5, 0.6) is 5.75 Å². The maximum absolute atomic E-state index is 5.56. The fraction of sp³-hybridized carbons (Fsp3) is 0.118. The summed E-state index contributed by atoms with van der Waals surface area (Å²) >= 11 is 4.97. The second kappa shape index (κ2) is 6.33. The van der Waals surface area contributed by atoms with E-state index in [1.165, 1.54) is 11.3 Å². The fourth-order valence-corrected chi connectivity index (χ4v) is 3.51. The van der Waals surface area contributed by atoms with Gasteiger partial charge in [0.15, 0.2) is 5.82 Å². The molecule has 0 amide bonds. The quantitative estimate of drug-likeness (QED) is 0.498. The van der Waals surface area contributed by atoms with Gasteiger partial charge in [0.1, 0.15) is 10.8 Å². The Kier molecular flexibility index (Phi) is 4.03. The molecule has 0 saturated heterocycles. The van der Waals surface area contributed by atoms with E-state index in [4.69, 9.17) is 4.74 Å². The molecule has 0 atom stereocenters. The molecule has 7 heteroatoms. The molecular weight excluding hydrogens is 388 g/mol. The van der Waals surface area contributed by atoms with Crippen LogP contribution in [0.15, 0.2) is 53.0 Å². The summed E-state index contributed by atoms with van der Waals surface area (Å²) in [5.41, 5.74) is 1.99. The van der Waals surface area contributed by atoms with Gasteiger partial charge in [0, 0.05) is 15.6 Å². The molecule has 0 unspecified atom stereocenters. The Morgan fingerprint density at radius 1 is 1.08 bits per heavy atom. The van der Waals surface area contributed by atoms with Crippen molar-refractivity contribution in [2.24, 2.45) is 0 Å². The van der Waals surface area contributed by atoms with Crippen LogP contribution in [0.1, 0.15) is 6.92 Å². The van der Waals surface area contributed by atoms with Crippen molar-refractivity contribution >= 4 is 32.2 Å². The Balaban J connectivity index is 1.77. The Labute approximate surface area is 151 Å². The van der Waals surface area contributed by atoms with Crippen molar-refractivity contribution in [1.29, 1.82) is 0 Å². The average molecular weight is 401 g/mol. The van der Waals surface area contributed by atoms with Gasteiger partial charge in [-0.25, -0.2) is 0 Å². The van der Waals surface area contributed by atoms with E-state index in [0.717, 1.165) is 31.3 Å². The van der Waals surface area contributed by atoms with Crippen LogP contribution < -0.4 is 4.74 Å². The van der Waals surface area contributed by atoms with Crippen LogP contribution >= 0.6 is 27.3 Å². The summed E-state index contributed by atoms with van der Waals surface area (Å²) in [4.78, 5) is 0.768. The number of fused-ring (bicyclic) bond motifs is 1. The molecule has 0 spiro atoms. The first kappa shape index (κ1) is 15.3. The summed E-state index contributed by atoms with van der Waals surface area (Å²) in [6.07, 6.45) is 0. The molecule has 0 aliphatic carbocycles.